The Kier molecular flexibility index (Phi) is 6.01. The molecular weight excluding hydrogens is 412 g/mol. The zero-order chi connectivity index (χ0) is 20.4. The van der Waals surface area contributed by atoms with Crippen LogP contribution in [0.5, 0.6) is 0 Å². The summed E-state index contributed by atoms with van der Waals surface area (Å²) in [4.78, 5) is 9.12. The van der Waals surface area contributed by atoms with E-state index in [1.807, 2.05) is 6.92 Å². The van der Waals surface area contributed by atoms with Crippen molar-refractivity contribution in [1.29, 1.82) is 0 Å². The van der Waals surface area contributed by atoms with Crippen LogP contribution in [-0.2, 0) is 10.3 Å². The van der Waals surface area contributed by atoms with E-state index in [4.69, 9.17) is 28.0 Å². The van der Waals surface area contributed by atoms with Gasteiger partial charge in [0.25, 0.3) is 0 Å². The number of aliphatic imine (C=N–C) groups is 1. The Bertz CT molecular complexity index is 890. The second kappa shape index (κ2) is 8.13. The lowest BCUT2D eigenvalue weighted by Crippen LogP contribution is -2.43. The monoisotopic (exact) mass is 428 g/mol. The summed E-state index contributed by atoms with van der Waals surface area (Å²) >= 11 is 11.9. The molecule has 0 saturated carbocycles. The minimum atomic E-state index is -4.50. The Balaban J connectivity index is 1.89. The number of alkyl halides is 3. The SMILES string of the molecule is CCO/N=C/c1ccc(C2=NCC(c3cc(Cl)cc(Cl)c3)(C(F)(F)F)C2)cc1. The van der Waals surface area contributed by atoms with Crippen molar-refractivity contribution in [2.75, 3.05) is 13.2 Å². The standard InChI is InChI=1S/C20H17Cl2F3N2O/c1-2-28-27-11-13-3-5-14(6-4-13)18-10-19(12-26-18,20(23,24)25)15-7-16(21)9-17(22)8-15/h3-9,11H,2,10,12H2,1H3/b27-11+. The van der Waals surface area contributed by atoms with Crippen LogP contribution in [0.25, 0.3) is 0 Å². The summed E-state index contributed by atoms with van der Waals surface area (Å²) in [5.41, 5.74) is -0.322. The van der Waals surface area contributed by atoms with Crippen molar-refractivity contribution in [1.82, 2.24) is 0 Å². The molecule has 0 radical (unpaired) electrons. The van der Waals surface area contributed by atoms with Gasteiger partial charge in [-0.05, 0) is 41.8 Å². The fourth-order valence-corrected chi connectivity index (χ4v) is 3.66. The molecule has 1 aliphatic rings. The summed E-state index contributed by atoms with van der Waals surface area (Å²) in [6.07, 6.45) is -3.24. The van der Waals surface area contributed by atoms with Crippen molar-refractivity contribution < 1.29 is 18.0 Å². The number of benzene rings is 2. The van der Waals surface area contributed by atoms with Crippen LogP contribution in [0, 0.1) is 0 Å². The summed E-state index contributed by atoms with van der Waals surface area (Å²) < 4.78 is 42.3. The van der Waals surface area contributed by atoms with Crippen LogP contribution in [0.1, 0.15) is 30.0 Å². The molecule has 2 aromatic rings. The molecule has 0 spiro atoms. The fourth-order valence-electron chi connectivity index (χ4n) is 3.13. The van der Waals surface area contributed by atoms with E-state index in [0.29, 0.717) is 17.9 Å². The largest absolute Gasteiger partial charge is 0.400 e. The van der Waals surface area contributed by atoms with E-state index in [9.17, 15) is 13.2 Å². The molecule has 3 nitrogen and oxygen atoms in total. The molecule has 0 bridgehead atoms. The van der Waals surface area contributed by atoms with Crippen LogP contribution in [-0.4, -0.2) is 31.3 Å². The highest BCUT2D eigenvalue weighted by Gasteiger charge is 2.58. The highest BCUT2D eigenvalue weighted by molar-refractivity contribution is 6.34. The maximum Gasteiger partial charge on any atom is 0.400 e. The summed E-state index contributed by atoms with van der Waals surface area (Å²) in [5.74, 6) is 0. The minimum Gasteiger partial charge on any atom is -0.396 e. The number of nitrogens with zero attached hydrogens (tertiary/aromatic N) is 2. The molecule has 3 rings (SSSR count). The van der Waals surface area contributed by atoms with E-state index < -0.39 is 18.1 Å². The molecule has 2 aromatic carbocycles. The predicted octanol–water partition coefficient (Wildman–Crippen LogP) is 6.06. The third kappa shape index (κ3) is 4.18. The van der Waals surface area contributed by atoms with E-state index in [0.717, 1.165) is 5.56 Å². The number of oxime groups is 1. The summed E-state index contributed by atoms with van der Waals surface area (Å²) in [5, 5.41) is 4.10. The normalized spacial score (nSPS) is 19.9. The molecule has 1 atom stereocenters. The Morgan fingerprint density at radius 2 is 1.79 bits per heavy atom. The van der Waals surface area contributed by atoms with Gasteiger partial charge in [0, 0.05) is 22.2 Å². The van der Waals surface area contributed by atoms with Gasteiger partial charge in [0.2, 0.25) is 0 Å². The van der Waals surface area contributed by atoms with Gasteiger partial charge in [0.05, 0.1) is 12.8 Å². The van der Waals surface area contributed by atoms with Crippen molar-refractivity contribution in [3.8, 4) is 0 Å². The molecule has 0 amide bonds. The first-order valence-corrected chi connectivity index (χ1v) is 9.33. The average Bonchev–Trinajstić information content (AvgIpc) is 3.08. The lowest BCUT2D eigenvalue weighted by Gasteiger charge is -2.31. The van der Waals surface area contributed by atoms with Gasteiger partial charge in [-0.1, -0.05) is 52.6 Å². The molecule has 8 heteroatoms. The Morgan fingerprint density at radius 3 is 2.36 bits per heavy atom. The lowest BCUT2D eigenvalue weighted by molar-refractivity contribution is -0.183. The molecule has 0 aromatic heterocycles. The Morgan fingerprint density at radius 1 is 1.14 bits per heavy atom. The second-order valence-corrected chi connectivity index (χ2v) is 7.32. The highest BCUT2D eigenvalue weighted by atomic mass is 35.5. The first kappa shape index (κ1) is 20.7. The Labute approximate surface area is 170 Å². The summed E-state index contributed by atoms with van der Waals surface area (Å²) in [6.45, 7) is 1.87. The first-order chi connectivity index (χ1) is 13.2. The van der Waals surface area contributed by atoms with E-state index in [1.165, 1.54) is 24.4 Å². The highest BCUT2D eigenvalue weighted by Crippen LogP contribution is 2.48. The van der Waals surface area contributed by atoms with Gasteiger partial charge in [-0.2, -0.15) is 13.2 Å². The molecule has 1 aliphatic heterocycles. The van der Waals surface area contributed by atoms with Crippen LogP contribution < -0.4 is 0 Å². The van der Waals surface area contributed by atoms with Gasteiger partial charge in [-0.15, -0.1) is 0 Å². The van der Waals surface area contributed by atoms with Crippen LogP contribution >= 0.6 is 23.2 Å². The predicted molar refractivity (Wildman–Crippen MR) is 106 cm³/mol. The first-order valence-electron chi connectivity index (χ1n) is 8.57. The van der Waals surface area contributed by atoms with E-state index in [2.05, 4.69) is 10.1 Å². The molecule has 0 fully saturated rings. The topological polar surface area (TPSA) is 34.0 Å². The molecule has 0 saturated heterocycles. The summed E-state index contributed by atoms with van der Waals surface area (Å²) in [7, 11) is 0. The van der Waals surface area contributed by atoms with Gasteiger partial charge in [0.15, 0.2) is 0 Å². The van der Waals surface area contributed by atoms with Gasteiger partial charge >= 0.3 is 6.18 Å². The number of hydrogen-bond acceptors (Lipinski definition) is 3. The molecular formula is C20H17Cl2F3N2O. The van der Waals surface area contributed by atoms with Crippen molar-refractivity contribution in [2.45, 2.75) is 24.9 Å². The van der Waals surface area contributed by atoms with E-state index >= 15 is 0 Å². The quantitative estimate of drug-likeness (QED) is 0.421. The molecule has 0 N–H and O–H groups in total. The third-order valence-corrected chi connectivity index (χ3v) is 5.05. The van der Waals surface area contributed by atoms with Gasteiger partial charge in [-0.3, -0.25) is 4.99 Å². The van der Waals surface area contributed by atoms with Crippen LogP contribution in [0.3, 0.4) is 0 Å². The maximum atomic E-state index is 14.1. The Hall–Kier alpha value is -2.05. The number of halogens is 5. The van der Waals surface area contributed by atoms with E-state index in [-0.39, 0.29) is 22.0 Å². The van der Waals surface area contributed by atoms with Crippen molar-refractivity contribution in [2.24, 2.45) is 10.1 Å². The zero-order valence-electron chi connectivity index (χ0n) is 14.9. The number of hydrogen-bond donors (Lipinski definition) is 0. The maximum absolute atomic E-state index is 14.1. The van der Waals surface area contributed by atoms with Gasteiger partial charge in [0.1, 0.15) is 12.0 Å². The summed E-state index contributed by atoms with van der Waals surface area (Å²) in [6, 6.07) is 11.0. The van der Waals surface area contributed by atoms with Crippen molar-refractivity contribution in [3.05, 3.63) is 69.2 Å². The molecule has 1 unspecified atom stereocenters. The van der Waals surface area contributed by atoms with Gasteiger partial charge in [-0.25, -0.2) is 0 Å². The van der Waals surface area contributed by atoms with Gasteiger partial charge < -0.3 is 4.84 Å². The molecule has 0 aliphatic carbocycles. The molecule has 28 heavy (non-hydrogen) atoms. The smallest absolute Gasteiger partial charge is 0.396 e. The molecule has 1 heterocycles. The average molecular weight is 429 g/mol. The van der Waals surface area contributed by atoms with Crippen LogP contribution in [0.15, 0.2) is 52.6 Å². The second-order valence-electron chi connectivity index (χ2n) is 6.45. The minimum absolute atomic E-state index is 0.0247. The number of rotatable bonds is 5. The molecule has 148 valence electrons. The van der Waals surface area contributed by atoms with Crippen molar-refractivity contribution in [3.63, 3.8) is 0 Å². The van der Waals surface area contributed by atoms with Crippen LogP contribution in [0.4, 0.5) is 13.2 Å². The van der Waals surface area contributed by atoms with E-state index in [1.54, 1.807) is 24.3 Å². The van der Waals surface area contributed by atoms with Crippen LogP contribution in [0.2, 0.25) is 10.0 Å². The lowest BCUT2D eigenvalue weighted by atomic mass is 9.76. The third-order valence-electron chi connectivity index (χ3n) is 4.62. The zero-order valence-corrected chi connectivity index (χ0v) is 16.4. The fraction of sp³-hybridized carbons (Fsp3) is 0.300. The van der Waals surface area contributed by atoms with Crippen molar-refractivity contribution >= 4 is 35.1 Å².